The third kappa shape index (κ3) is 4.54. The summed E-state index contributed by atoms with van der Waals surface area (Å²) in [6.45, 7) is 2.34. The molecule has 0 spiro atoms. The number of carbonyl (C=O) groups excluding carboxylic acids is 1. The first-order valence-corrected chi connectivity index (χ1v) is 8.60. The van der Waals surface area contributed by atoms with Crippen molar-refractivity contribution in [2.75, 3.05) is 19.7 Å². The average Bonchev–Trinajstić information content (AvgIpc) is 2.59. The number of Topliss-reactive ketones (excluding diaryl/α,β-unsaturated/α-hetero) is 1. The molecule has 0 unspecified atom stereocenters. The number of ether oxygens (including phenoxy) is 1. The van der Waals surface area contributed by atoms with E-state index in [4.69, 9.17) is 27.9 Å². The van der Waals surface area contributed by atoms with Gasteiger partial charge in [-0.3, -0.25) is 4.79 Å². The lowest BCUT2D eigenvalue weighted by Gasteiger charge is -2.24. The summed E-state index contributed by atoms with van der Waals surface area (Å²) in [6, 6.07) is 9.28. The van der Waals surface area contributed by atoms with Crippen LogP contribution in [0.4, 0.5) is 0 Å². The molecule has 126 valence electrons. The minimum absolute atomic E-state index is 0.0149. The Hall–Kier alpha value is -1.46. The van der Waals surface area contributed by atoms with E-state index in [0.717, 1.165) is 29.8 Å². The van der Waals surface area contributed by atoms with Crippen molar-refractivity contribution in [2.24, 2.45) is 0 Å². The summed E-state index contributed by atoms with van der Waals surface area (Å²) in [5, 5.41) is 4.32. The standard InChI is InChI=1S/C18H18Cl2N2O2/c19-16-9-14(17-11-21-5-6-24-17)3-2-13(16)8-15(23)7-12-1-4-18(20)22-10-12/h1-4,9-10,17,21H,5-8,11H2/t17-/m1/s1. The molecule has 1 saturated heterocycles. The van der Waals surface area contributed by atoms with Crippen molar-refractivity contribution in [3.8, 4) is 0 Å². The number of nitrogens with zero attached hydrogens (tertiary/aromatic N) is 1. The fourth-order valence-corrected chi connectivity index (χ4v) is 3.07. The van der Waals surface area contributed by atoms with Crippen molar-refractivity contribution in [3.05, 3.63) is 63.4 Å². The monoisotopic (exact) mass is 364 g/mol. The Labute approximate surface area is 151 Å². The topological polar surface area (TPSA) is 51.2 Å². The predicted molar refractivity (Wildman–Crippen MR) is 94.7 cm³/mol. The Balaban J connectivity index is 1.64. The first-order chi connectivity index (χ1) is 11.6. The zero-order chi connectivity index (χ0) is 16.9. The van der Waals surface area contributed by atoms with Crippen LogP contribution in [-0.4, -0.2) is 30.5 Å². The van der Waals surface area contributed by atoms with E-state index in [0.29, 0.717) is 29.6 Å². The second kappa shape index (κ2) is 8.08. The number of halogens is 2. The van der Waals surface area contributed by atoms with Gasteiger partial charge in [0.05, 0.1) is 12.7 Å². The highest BCUT2D eigenvalue weighted by molar-refractivity contribution is 6.31. The van der Waals surface area contributed by atoms with Crippen LogP contribution in [-0.2, 0) is 22.4 Å². The smallest absolute Gasteiger partial charge is 0.141 e. The number of hydrogen-bond acceptors (Lipinski definition) is 4. The molecule has 1 N–H and O–H groups in total. The lowest BCUT2D eigenvalue weighted by Crippen LogP contribution is -2.33. The number of carbonyl (C=O) groups is 1. The molecule has 0 aliphatic carbocycles. The maximum Gasteiger partial charge on any atom is 0.141 e. The fourth-order valence-electron chi connectivity index (χ4n) is 2.70. The molecule has 1 fully saturated rings. The lowest BCUT2D eigenvalue weighted by molar-refractivity contribution is -0.117. The summed E-state index contributed by atoms with van der Waals surface area (Å²) >= 11 is 12.1. The summed E-state index contributed by atoms with van der Waals surface area (Å²) < 4.78 is 5.72. The van der Waals surface area contributed by atoms with Gasteiger partial charge < -0.3 is 10.1 Å². The van der Waals surface area contributed by atoms with Crippen LogP contribution in [0.25, 0.3) is 0 Å². The van der Waals surface area contributed by atoms with Gasteiger partial charge in [-0.05, 0) is 28.8 Å². The van der Waals surface area contributed by atoms with E-state index in [2.05, 4.69) is 10.3 Å². The van der Waals surface area contributed by atoms with Crippen molar-refractivity contribution in [2.45, 2.75) is 18.9 Å². The number of ketones is 1. The van der Waals surface area contributed by atoms with Crippen LogP contribution in [0, 0.1) is 0 Å². The quantitative estimate of drug-likeness (QED) is 0.826. The van der Waals surface area contributed by atoms with E-state index in [9.17, 15) is 4.79 Å². The SMILES string of the molecule is O=C(Cc1ccc(Cl)nc1)Cc1ccc([C@H]2CNCCO2)cc1Cl. The van der Waals surface area contributed by atoms with Gasteiger partial charge >= 0.3 is 0 Å². The fraction of sp³-hybridized carbons (Fsp3) is 0.333. The predicted octanol–water partition coefficient (Wildman–Crippen LogP) is 3.40. The Morgan fingerprint density at radius 3 is 2.79 bits per heavy atom. The Kier molecular flexibility index (Phi) is 5.85. The minimum atomic E-state index is 0.0149. The highest BCUT2D eigenvalue weighted by atomic mass is 35.5. The molecule has 24 heavy (non-hydrogen) atoms. The average molecular weight is 365 g/mol. The van der Waals surface area contributed by atoms with Gasteiger partial charge in [0.2, 0.25) is 0 Å². The summed E-state index contributed by atoms with van der Waals surface area (Å²) in [5.74, 6) is 0.0874. The van der Waals surface area contributed by atoms with Gasteiger partial charge in [-0.25, -0.2) is 4.98 Å². The van der Waals surface area contributed by atoms with Gasteiger partial charge in [0.1, 0.15) is 10.9 Å². The van der Waals surface area contributed by atoms with E-state index < -0.39 is 0 Å². The van der Waals surface area contributed by atoms with Gasteiger partial charge in [0, 0.05) is 37.2 Å². The van der Waals surface area contributed by atoms with Gasteiger partial charge in [0.25, 0.3) is 0 Å². The molecule has 1 aliphatic rings. The molecule has 1 aromatic carbocycles. The van der Waals surface area contributed by atoms with E-state index in [1.165, 1.54) is 0 Å². The van der Waals surface area contributed by atoms with Crippen LogP contribution >= 0.6 is 23.2 Å². The third-order valence-corrected chi connectivity index (χ3v) is 4.53. The second-order valence-electron chi connectivity index (χ2n) is 5.80. The highest BCUT2D eigenvalue weighted by Gasteiger charge is 2.17. The highest BCUT2D eigenvalue weighted by Crippen LogP contribution is 2.25. The molecule has 4 nitrogen and oxygen atoms in total. The molecule has 0 saturated carbocycles. The number of nitrogens with one attached hydrogen (secondary N) is 1. The Morgan fingerprint density at radius 1 is 1.25 bits per heavy atom. The van der Waals surface area contributed by atoms with Crippen LogP contribution in [0.3, 0.4) is 0 Å². The Bertz CT molecular complexity index is 713. The van der Waals surface area contributed by atoms with Crippen molar-refractivity contribution in [1.29, 1.82) is 0 Å². The zero-order valence-corrected chi connectivity index (χ0v) is 14.6. The first-order valence-electron chi connectivity index (χ1n) is 7.84. The molecule has 0 amide bonds. The van der Waals surface area contributed by atoms with Crippen LogP contribution in [0.5, 0.6) is 0 Å². The van der Waals surface area contributed by atoms with Gasteiger partial charge in [-0.2, -0.15) is 0 Å². The summed E-state index contributed by atoms with van der Waals surface area (Å²) in [6.07, 6.45) is 2.25. The largest absolute Gasteiger partial charge is 0.371 e. The molecule has 1 aromatic heterocycles. The van der Waals surface area contributed by atoms with Crippen LogP contribution in [0.1, 0.15) is 22.8 Å². The van der Waals surface area contributed by atoms with Gasteiger partial charge in [-0.1, -0.05) is 41.4 Å². The molecule has 2 heterocycles. The minimum Gasteiger partial charge on any atom is -0.371 e. The van der Waals surface area contributed by atoms with Crippen molar-refractivity contribution in [3.63, 3.8) is 0 Å². The molecule has 3 rings (SSSR count). The van der Waals surface area contributed by atoms with E-state index >= 15 is 0 Å². The van der Waals surface area contributed by atoms with E-state index in [1.54, 1.807) is 12.3 Å². The first kappa shape index (κ1) is 17.4. The molecule has 0 bridgehead atoms. The van der Waals surface area contributed by atoms with Crippen LogP contribution in [0.15, 0.2) is 36.5 Å². The van der Waals surface area contributed by atoms with Gasteiger partial charge in [0.15, 0.2) is 0 Å². The van der Waals surface area contributed by atoms with Crippen molar-refractivity contribution >= 4 is 29.0 Å². The normalized spacial score (nSPS) is 17.7. The Morgan fingerprint density at radius 2 is 2.12 bits per heavy atom. The maximum atomic E-state index is 12.3. The third-order valence-electron chi connectivity index (χ3n) is 3.95. The number of hydrogen-bond donors (Lipinski definition) is 1. The number of rotatable bonds is 5. The van der Waals surface area contributed by atoms with E-state index in [-0.39, 0.29) is 11.9 Å². The molecule has 1 aliphatic heterocycles. The molecule has 2 aromatic rings. The molecular formula is C18H18Cl2N2O2. The summed E-state index contributed by atoms with van der Waals surface area (Å²) in [5.41, 5.74) is 2.71. The molecule has 1 atom stereocenters. The van der Waals surface area contributed by atoms with Crippen LogP contribution < -0.4 is 5.32 Å². The number of aromatic nitrogens is 1. The molecular weight excluding hydrogens is 347 g/mol. The van der Waals surface area contributed by atoms with E-state index in [1.807, 2.05) is 24.3 Å². The summed E-state index contributed by atoms with van der Waals surface area (Å²) in [4.78, 5) is 16.2. The molecule has 6 heteroatoms. The maximum absolute atomic E-state index is 12.3. The zero-order valence-electron chi connectivity index (χ0n) is 13.1. The number of benzene rings is 1. The molecule has 0 radical (unpaired) electrons. The summed E-state index contributed by atoms with van der Waals surface area (Å²) in [7, 11) is 0. The number of pyridine rings is 1. The lowest BCUT2D eigenvalue weighted by atomic mass is 10.0. The van der Waals surface area contributed by atoms with Crippen molar-refractivity contribution < 1.29 is 9.53 Å². The number of morpholine rings is 1. The van der Waals surface area contributed by atoms with Crippen molar-refractivity contribution in [1.82, 2.24) is 10.3 Å². The van der Waals surface area contributed by atoms with Gasteiger partial charge in [-0.15, -0.1) is 0 Å². The second-order valence-corrected chi connectivity index (χ2v) is 6.59. The van der Waals surface area contributed by atoms with Crippen LogP contribution in [0.2, 0.25) is 10.2 Å².